The number of nitrogens with zero attached hydrogens (tertiary/aromatic N) is 1. The van der Waals surface area contributed by atoms with Crippen LogP contribution < -0.4 is 5.32 Å². The first-order chi connectivity index (χ1) is 39.4. The molecule has 0 aromatic rings. The van der Waals surface area contributed by atoms with Gasteiger partial charge in [-0.1, -0.05) is 259 Å². The number of rotatable bonds is 59. The Hall–Kier alpha value is -3.33. The third-order valence-electron chi connectivity index (χ3n) is 14.2. The average Bonchev–Trinajstić information content (AvgIpc) is 3.44. The number of phosphoric ester groups is 1. The maximum absolute atomic E-state index is 13.5. The molecule has 0 aliphatic heterocycles. The lowest BCUT2D eigenvalue weighted by Crippen LogP contribution is -2.47. The fraction of sp³-hybridized carbons (Fsp3) is 0.718. The highest BCUT2D eigenvalue weighted by molar-refractivity contribution is 7.47. The highest BCUT2D eigenvalue weighted by Gasteiger charge is 2.30. The molecule has 0 aromatic carbocycles. The number of likely N-dealkylation sites (N-methyl/N-ethyl adjacent to an activating group) is 1. The van der Waals surface area contributed by atoms with Crippen LogP contribution in [0.5, 0.6) is 0 Å². The maximum Gasteiger partial charge on any atom is 0.472 e. The summed E-state index contributed by atoms with van der Waals surface area (Å²) in [6, 6.07) is -0.873. The Balaban J connectivity index is 5.13. The van der Waals surface area contributed by atoms with Gasteiger partial charge >= 0.3 is 13.8 Å². The van der Waals surface area contributed by atoms with Crippen molar-refractivity contribution >= 4 is 19.7 Å². The highest BCUT2D eigenvalue weighted by Crippen LogP contribution is 2.43. The number of nitrogens with one attached hydrogen (secondary N) is 1. The van der Waals surface area contributed by atoms with Gasteiger partial charge in [-0.2, -0.15) is 0 Å². The number of esters is 1. The van der Waals surface area contributed by atoms with E-state index in [1.165, 1.54) is 135 Å². The fourth-order valence-electron chi connectivity index (χ4n) is 9.09. The summed E-state index contributed by atoms with van der Waals surface area (Å²) in [5, 5.41) is 3.04. The van der Waals surface area contributed by atoms with E-state index in [0.29, 0.717) is 17.4 Å². The van der Waals surface area contributed by atoms with Crippen LogP contribution in [0.4, 0.5) is 0 Å². The number of hydrogen-bond donors (Lipinski definition) is 2. The van der Waals surface area contributed by atoms with Gasteiger partial charge in [-0.25, -0.2) is 4.57 Å². The van der Waals surface area contributed by atoms with Gasteiger partial charge in [0.15, 0.2) is 0 Å². The Morgan fingerprint density at radius 3 is 1.22 bits per heavy atom. The van der Waals surface area contributed by atoms with Gasteiger partial charge in [-0.3, -0.25) is 18.6 Å². The zero-order valence-electron chi connectivity index (χ0n) is 53.2. The van der Waals surface area contributed by atoms with Crippen molar-refractivity contribution in [2.24, 2.45) is 0 Å². The van der Waals surface area contributed by atoms with E-state index in [1.54, 1.807) is 0 Å². The number of carbonyl (C=O) groups excluding carboxylic acids is 2. The van der Waals surface area contributed by atoms with Gasteiger partial charge in [-0.05, 0) is 115 Å². The lowest BCUT2D eigenvalue weighted by Gasteiger charge is -2.27. The summed E-state index contributed by atoms with van der Waals surface area (Å²) in [6.07, 6.45) is 82.4. The molecule has 10 heteroatoms. The molecule has 0 aliphatic rings. The van der Waals surface area contributed by atoms with E-state index in [4.69, 9.17) is 13.8 Å². The van der Waals surface area contributed by atoms with Crippen LogP contribution in [0, 0.1) is 0 Å². The number of hydrogen-bond acceptors (Lipinski definition) is 6. The summed E-state index contributed by atoms with van der Waals surface area (Å²) >= 11 is 0. The van der Waals surface area contributed by atoms with Crippen molar-refractivity contribution in [3.05, 3.63) is 109 Å². The Kier molecular flexibility index (Phi) is 57.4. The molecule has 3 atom stereocenters. The van der Waals surface area contributed by atoms with Crippen LogP contribution in [0.15, 0.2) is 109 Å². The standard InChI is InChI=1S/C71H125N2O7P/c1-7-10-13-16-19-22-25-28-30-32-33-34-35-36-37-38-39-40-41-42-44-46-49-52-55-58-61-64-71(75)80-69(62-59-56-53-50-47-27-24-21-18-15-12-9-3)68(67-79-81(76,77)78-66-65-73(4,5)6)72-70(74)63-60-57-54-51-48-45-43-31-29-26-23-20-17-14-11-8-2/h11,14,19-20,22-23,28-31,33-34,36-37,45,48,59,62,68-69H,7-10,12-13,15-18,21,24-27,32,35,38-44,46-47,49-58,60-61,63-67H2,1-6H3,(H-,72,74,76,77)/p+1/b14-11+,22-19-,23-20+,30-28-,31-29+,34-33-,37-36-,48-45+,62-59-. The highest BCUT2D eigenvalue weighted by atomic mass is 31.2. The second-order valence-electron chi connectivity index (χ2n) is 23.3. The molecule has 0 spiro atoms. The van der Waals surface area contributed by atoms with Crippen molar-refractivity contribution in [3.63, 3.8) is 0 Å². The van der Waals surface area contributed by atoms with Gasteiger partial charge in [0.05, 0.1) is 33.8 Å². The van der Waals surface area contributed by atoms with E-state index in [-0.39, 0.29) is 37.9 Å². The summed E-state index contributed by atoms with van der Waals surface area (Å²) in [7, 11) is 1.46. The Morgan fingerprint density at radius 2 is 0.790 bits per heavy atom. The number of carbonyl (C=O) groups is 2. The molecule has 0 saturated heterocycles. The molecular weight excluding hydrogens is 1020 g/mol. The molecule has 0 heterocycles. The topological polar surface area (TPSA) is 111 Å². The molecule has 81 heavy (non-hydrogen) atoms. The largest absolute Gasteiger partial charge is 0.472 e. The van der Waals surface area contributed by atoms with Crippen LogP contribution in [0.3, 0.4) is 0 Å². The number of ether oxygens (including phenoxy) is 1. The van der Waals surface area contributed by atoms with Crippen molar-refractivity contribution < 1.29 is 37.3 Å². The first kappa shape index (κ1) is 77.7. The molecule has 0 aliphatic carbocycles. The third-order valence-corrected chi connectivity index (χ3v) is 15.2. The lowest BCUT2D eigenvalue weighted by atomic mass is 10.0. The van der Waals surface area contributed by atoms with Crippen LogP contribution in [-0.4, -0.2) is 74.3 Å². The van der Waals surface area contributed by atoms with Crippen molar-refractivity contribution in [1.82, 2.24) is 5.32 Å². The van der Waals surface area contributed by atoms with Crippen molar-refractivity contribution in [2.75, 3.05) is 40.9 Å². The van der Waals surface area contributed by atoms with Gasteiger partial charge in [-0.15, -0.1) is 0 Å². The summed E-state index contributed by atoms with van der Waals surface area (Å²) < 4.78 is 30.7. The molecule has 9 nitrogen and oxygen atoms in total. The second-order valence-corrected chi connectivity index (χ2v) is 24.7. The third kappa shape index (κ3) is 61.1. The Labute approximate surface area is 500 Å². The summed E-state index contributed by atoms with van der Waals surface area (Å²) in [5.74, 6) is -0.548. The van der Waals surface area contributed by atoms with Crippen LogP contribution >= 0.6 is 7.82 Å². The lowest BCUT2D eigenvalue weighted by molar-refractivity contribution is -0.870. The number of allylic oxidation sites excluding steroid dienone is 17. The predicted molar refractivity (Wildman–Crippen MR) is 350 cm³/mol. The van der Waals surface area contributed by atoms with Crippen LogP contribution in [0.25, 0.3) is 0 Å². The first-order valence-electron chi connectivity index (χ1n) is 33.2. The van der Waals surface area contributed by atoms with E-state index in [0.717, 1.165) is 103 Å². The van der Waals surface area contributed by atoms with E-state index in [2.05, 4.69) is 123 Å². The monoisotopic (exact) mass is 1150 g/mol. The molecule has 2 N–H and O–H groups in total. The summed E-state index contributed by atoms with van der Waals surface area (Å²) in [5.41, 5.74) is 0. The molecule has 0 aromatic heterocycles. The van der Waals surface area contributed by atoms with E-state index >= 15 is 0 Å². The molecule has 0 bridgehead atoms. The van der Waals surface area contributed by atoms with Gasteiger partial charge in [0.1, 0.15) is 19.3 Å². The smallest absolute Gasteiger partial charge is 0.456 e. The minimum Gasteiger partial charge on any atom is -0.456 e. The van der Waals surface area contributed by atoms with Gasteiger partial charge in [0, 0.05) is 12.8 Å². The predicted octanol–water partition coefficient (Wildman–Crippen LogP) is 20.9. The van der Waals surface area contributed by atoms with E-state index < -0.39 is 20.0 Å². The SMILES string of the molecule is CC/C=C/C/C=C/C/C=C/C/C=C/CCCCCC(=O)NC(COP(=O)(O)OCC[N+](C)(C)C)C(/C=C\CCCCCCCCCCCC)OC(=O)CCCCCCCCCCCCC/C=C\C/C=C\C/C=C\C/C=C\CCCCC. The molecule has 0 rings (SSSR count). The van der Waals surface area contributed by atoms with Gasteiger partial charge in [0.2, 0.25) is 5.91 Å². The fourth-order valence-corrected chi connectivity index (χ4v) is 9.83. The Morgan fingerprint density at radius 1 is 0.444 bits per heavy atom. The zero-order chi connectivity index (χ0) is 59.3. The number of phosphoric acid groups is 1. The van der Waals surface area contributed by atoms with Gasteiger partial charge < -0.3 is 19.4 Å². The minimum atomic E-state index is -4.47. The molecule has 1 amide bonds. The minimum absolute atomic E-state index is 0.0284. The van der Waals surface area contributed by atoms with Crippen molar-refractivity contribution in [3.8, 4) is 0 Å². The quantitative estimate of drug-likeness (QED) is 0.0205. The first-order valence-corrected chi connectivity index (χ1v) is 34.7. The average molecular weight is 1150 g/mol. The number of quaternary nitrogens is 1. The molecule has 0 saturated carbocycles. The Bertz CT molecular complexity index is 1750. The van der Waals surface area contributed by atoms with Crippen molar-refractivity contribution in [1.29, 1.82) is 0 Å². The molecular formula is C71H126N2O7P+. The molecule has 466 valence electrons. The van der Waals surface area contributed by atoms with Crippen molar-refractivity contribution in [2.45, 2.75) is 290 Å². The number of unbranched alkanes of at least 4 members (excludes halogenated alkanes) is 27. The van der Waals surface area contributed by atoms with E-state index in [1.807, 2.05) is 33.3 Å². The summed E-state index contributed by atoms with van der Waals surface area (Å²) in [4.78, 5) is 37.8. The van der Waals surface area contributed by atoms with Crippen LogP contribution in [0.2, 0.25) is 0 Å². The van der Waals surface area contributed by atoms with Crippen LogP contribution in [0.1, 0.15) is 278 Å². The molecule has 3 unspecified atom stereocenters. The number of amides is 1. The van der Waals surface area contributed by atoms with Gasteiger partial charge in [0.25, 0.3) is 0 Å². The van der Waals surface area contributed by atoms with Crippen LogP contribution in [-0.2, 0) is 27.9 Å². The molecule has 0 radical (unpaired) electrons. The zero-order valence-corrected chi connectivity index (χ0v) is 54.1. The van der Waals surface area contributed by atoms with E-state index in [9.17, 15) is 19.0 Å². The summed E-state index contributed by atoms with van der Waals surface area (Å²) in [6.45, 7) is 6.84. The normalized spacial score (nSPS) is 14.3. The second kappa shape index (κ2) is 59.8. The maximum atomic E-state index is 13.5. The molecule has 0 fully saturated rings.